The van der Waals surface area contributed by atoms with E-state index in [0.717, 1.165) is 19.4 Å². The van der Waals surface area contributed by atoms with Crippen LogP contribution in [0, 0.1) is 0 Å². The molecule has 3 nitrogen and oxygen atoms in total. The van der Waals surface area contributed by atoms with Gasteiger partial charge in [0.05, 0.1) is 0 Å². The Kier molecular flexibility index (Phi) is 2.45. The van der Waals surface area contributed by atoms with Gasteiger partial charge in [0.1, 0.15) is 13.0 Å². The molecule has 0 amide bonds. The highest BCUT2D eigenvalue weighted by Gasteiger charge is 2.13. The zero-order valence-electron chi connectivity index (χ0n) is 5.71. The summed E-state index contributed by atoms with van der Waals surface area (Å²) in [4.78, 5) is 1.80. The second-order valence-electron chi connectivity index (χ2n) is 2.42. The summed E-state index contributed by atoms with van der Waals surface area (Å²) in [7, 11) is 1.86. The predicted molar refractivity (Wildman–Crippen MR) is 33.8 cm³/mol. The van der Waals surface area contributed by atoms with E-state index >= 15 is 0 Å². The summed E-state index contributed by atoms with van der Waals surface area (Å²) < 4.78 is 5.14. The molecule has 0 aromatic carbocycles. The second-order valence-corrected chi connectivity index (χ2v) is 2.42. The van der Waals surface area contributed by atoms with Crippen molar-refractivity contribution in [2.24, 2.45) is 0 Å². The minimum absolute atomic E-state index is 0.299. The fourth-order valence-electron chi connectivity index (χ4n) is 0.883. The van der Waals surface area contributed by atoms with Gasteiger partial charge in [-0.05, 0) is 19.9 Å². The Morgan fingerprint density at radius 3 is 3.22 bits per heavy atom. The van der Waals surface area contributed by atoms with Crippen molar-refractivity contribution in [2.45, 2.75) is 19.1 Å². The number of hydrogen-bond donors (Lipinski definition) is 1. The standard InChI is InChI=1S/C6H13NO2/c1-7-5-9-4-2-3-6(7)8/h6,8H,2-5H2,1H3. The van der Waals surface area contributed by atoms with Gasteiger partial charge >= 0.3 is 0 Å². The molecule has 0 radical (unpaired) electrons. The van der Waals surface area contributed by atoms with Crippen LogP contribution < -0.4 is 0 Å². The zero-order valence-corrected chi connectivity index (χ0v) is 5.71. The molecule has 1 fully saturated rings. The van der Waals surface area contributed by atoms with E-state index in [1.807, 2.05) is 7.05 Å². The highest BCUT2D eigenvalue weighted by atomic mass is 16.5. The van der Waals surface area contributed by atoms with Crippen molar-refractivity contribution in [1.29, 1.82) is 0 Å². The fraction of sp³-hybridized carbons (Fsp3) is 1.00. The normalized spacial score (nSPS) is 32.0. The minimum atomic E-state index is -0.299. The van der Waals surface area contributed by atoms with Crippen LogP contribution >= 0.6 is 0 Å². The number of ether oxygens (including phenoxy) is 1. The Labute approximate surface area is 55.2 Å². The van der Waals surface area contributed by atoms with E-state index in [1.54, 1.807) is 4.90 Å². The molecule has 0 aliphatic carbocycles. The number of aliphatic hydroxyl groups excluding tert-OH is 1. The maximum atomic E-state index is 9.20. The number of nitrogens with zero attached hydrogens (tertiary/aromatic N) is 1. The zero-order chi connectivity index (χ0) is 6.69. The molecule has 0 spiro atoms. The van der Waals surface area contributed by atoms with Gasteiger partial charge in [-0.1, -0.05) is 0 Å². The molecule has 1 atom stereocenters. The Hall–Kier alpha value is -0.120. The van der Waals surface area contributed by atoms with Crippen LogP contribution in [-0.2, 0) is 4.74 Å². The van der Waals surface area contributed by atoms with Gasteiger partial charge in [-0.2, -0.15) is 0 Å². The molecule has 0 aromatic heterocycles. The summed E-state index contributed by atoms with van der Waals surface area (Å²) in [5, 5.41) is 9.20. The first kappa shape index (κ1) is 6.99. The van der Waals surface area contributed by atoms with Crippen molar-refractivity contribution in [2.75, 3.05) is 20.4 Å². The predicted octanol–water partition coefficient (Wildman–Crippen LogP) is 0.00450. The lowest BCUT2D eigenvalue weighted by atomic mass is 10.3. The third-order valence-corrected chi connectivity index (χ3v) is 1.55. The van der Waals surface area contributed by atoms with Crippen molar-refractivity contribution in [1.82, 2.24) is 4.90 Å². The molecule has 1 N–H and O–H groups in total. The van der Waals surface area contributed by atoms with Gasteiger partial charge in [0.15, 0.2) is 0 Å². The third-order valence-electron chi connectivity index (χ3n) is 1.55. The summed E-state index contributed by atoms with van der Waals surface area (Å²) in [5.74, 6) is 0. The fourth-order valence-corrected chi connectivity index (χ4v) is 0.883. The molecule has 0 saturated carbocycles. The van der Waals surface area contributed by atoms with Crippen molar-refractivity contribution >= 4 is 0 Å². The molecule has 0 aromatic rings. The van der Waals surface area contributed by atoms with Crippen molar-refractivity contribution in [3.63, 3.8) is 0 Å². The largest absolute Gasteiger partial charge is 0.378 e. The third kappa shape index (κ3) is 1.93. The van der Waals surface area contributed by atoms with Gasteiger partial charge in [-0.3, -0.25) is 4.90 Å². The summed E-state index contributed by atoms with van der Waals surface area (Å²) in [6.07, 6.45) is 1.50. The summed E-state index contributed by atoms with van der Waals surface area (Å²) >= 11 is 0. The van der Waals surface area contributed by atoms with E-state index in [4.69, 9.17) is 4.74 Å². The molecule has 1 aliphatic heterocycles. The Bertz CT molecular complexity index is 77.1. The molecule has 1 unspecified atom stereocenters. The topological polar surface area (TPSA) is 32.7 Å². The van der Waals surface area contributed by atoms with Gasteiger partial charge in [-0.25, -0.2) is 0 Å². The van der Waals surface area contributed by atoms with Crippen LogP contribution in [0.25, 0.3) is 0 Å². The maximum absolute atomic E-state index is 9.20. The number of hydrogen-bond acceptors (Lipinski definition) is 3. The molecule has 9 heavy (non-hydrogen) atoms. The number of rotatable bonds is 0. The first-order chi connectivity index (χ1) is 4.30. The monoisotopic (exact) mass is 131 g/mol. The molecule has 3 heteroatoms. The van der Waals surface area contributed by atoms with E-state index < -0.39 is 0 Å². The number of aliphatic hydroxyl groups is 1. The smallest absolute Gasteiger partial charge is 0.109 e. The van der Waals surface area contributed by atoms with Crippen molar-refractivity contribution in [3.8, 4) is 0 Å². The average molecular weight is 131 g/mol. The van der Waals surface area contributed by atoms with Crippen molar-refractivity contribution in [3.05, 3.63) is 0 Å². The van der Waals surface area contributed by atoms with Crippen molar-refractivity contribution < 1.29 is 9.84 Å². The Morgan fingerprint density at radius 2 is 2.44 bits per heavy atom. The van der Waals surface area contributed by atoms with E-state index in [-0.39, 0.29) is 6.23 Å². The minimum Gasteiger partial charge on any atom is -0.378 e. The van der Waals surface area contributed by atoms with Gasteiger partial charge in [0.2, 0.25) is 0 Å². The maximum Gasteiger partial charge on any atom is 0.109 e. The summed E-state index contributed by atoms with van der Waals surface area (Å²) in [6, 6.07) is 0. The van der Waals surface area contributed by atoms with E-state index in [2.05, 4.69) is 0 Å². The quantitative estimate of drug-likeness (QED) is 0.502. The lowest BCUT2D eigenvalue weighted by Gasteiger charge is -2.18. The second kappa shape index (κ2) is 3.15. The molecule has 1 aliphatic rings. The van der Waals surface area contributed by atoms with E-state index in [1.165, 1.54) is 0 Å². The summed E-state index contributed by atoms with van der Waals surface area (Å²) in [6.45, 7) is 1.34. The van der Waals surface area contributed by atoms with Gasteiger partial charge in [0.25, 0.3) is 0 Å². The van der Waals surface area contributed by atoms with Crippen LogP contribution in [0.3, 0.4) is 0 Å². The van der Waals surface area contributed by atoms with E-state index in [9.17, 15) is 5.11 Å². The molecule has 0 bridgehead atoms. The van der Waals surface area contributed by atoms with Crippen LogP contribution in [0.15, 0.2) is 0 Å². The summed E-state index contributed by atoms with van der Waals surface area (Å²) in [5.41, 5.74) is 0. The molecule has 1 saturated heterocycles. The van der Waals surface area contributed by atoms with Crippen LogP contribution in [0.4, 0.5) is 0 Å². The molecule has 54 valence electrons. The SMILES string of the molecule is CN1COCCCC1O. The average Bonchev–Trinajstić information content (AvgIpc) is 1.99. The Morgan fingerprint density at radius 1 is 1.67 bits per heavy atom. The highest BCUT2D eigenvalue weighted by Crippen LogP contribution is 2.06. The van der Waals surface area contributed by atoms with Gasteiger partial charge in [0, 0.05) is 6.61 Å². The van der Waals surface area contributed by atoms with Crippen LogP contribution in [0.1, 0.15) is 12.8 Å². The molecule has 1 rings (SSSR count). The van der Waals surface area contributed by atoms with Gasteiger partial charge in [-0.15, -0.1) is 0 Å². The van der Waals surface area contributed by atoms with Gasteiger partial charge < -0.3 is 9.84 Å². The Balaban J connectivity index is 2.32. The first-order valence-corrected chi connectivity index (χ1v) is 3.27. The molecular formula is C6H13NO2. The molecular weight excluding hydrogens is 118 g/mol. The van der Waals surface area contributed by atoms with Crippen LogP contribution in [0.2, 0.25) is 0 Å². The molecule has 1 heterocycles. The highest BCUT2D eigenvalue weighted by molar-refractivity contribution is 4.56. The first-order valence-electron chi connectivity index (χ1n) is 3.27. The lowest BCUT2D eigenvalue weighted by molar-refractivity contribution is -0.0318. The van der Waals surface area contributed by atoms with Crippen LogP contribution in [-0.4, -0.2) is 36.6 Å². The lowest BCUT2D eigenvalue weighted by Crippen LogP contribution is -2.30. The van der Waals surface area contributed by atoms with E-state index in [0.29, 0.717) is 6.73 Å². The van der Waals surface area contributed by atoms with Crippen LogP contribution in [0.5, 0.6) is 0 Å².